The molecule has 0 aliphatic rings. The molecule has 78 valence electrons. The van der Waals surface area contributed by atoms with Gasteiger partial charge in [-0.3, -0.25) is 0 Å². The van der Waals surface area contributed by atoms with Gasteiger partial charge in [-0.15, -0.1) is 0 Å². The summed E-state index contributed by atoms with van der Waals surface area (Å²) in [4.78, 5) is 10.6. The Morgan fingerprint density at radius 3 is 2.46 bits per heavy atom. The Labute approximate surface area is 79.2 Å². The number of unbranched alkanes of at least 4 members (excludes halogenated alkanes) is 1. The molecule has 0 aromatic heterocycles. The molecule has 0 aliphatic heterocycles. The zero-order chi connectivity index (χ0) is 9.94. The van der Waals surface area contributed by atoms with Crippen molar-refractivity contribution in [1.29, 1.82) is 0 Å². The molecule has 0 spiro atoms. The van der Waals surface area contributed by atoms with Crippen LogP contribution in [0.1, 0.15) is 26.7 Å². The average molecular weight is 190 g/mol. The smallest absolute Gasteiger partial charge is 0.435 e. The molecular formula is C9H18O4. The highest BCUT2D eigenvalue weighted by Gasteiger charge is 2.00. The van der Waals surface area contributed by atoms with E-state index < -0.39 is 6.16 Å². The Kier molecular flexibility index (Phi) is 8.77. The first-order valence-electron chi connectivity index (χ1n) is 4.68. The van der Waals surface area contributed by atoms with Gasteiger partial charge in [-0.05, 0) is 13.3 Å². The second-order valence-electron chi connectivity index (χ2n) is 2.50. The Morgan fingerprint density at radius 2 is 1.85 bits per heavy atom. The molecule has 0 saturated heterocycles. The summed E-state index contributed by atoms with van der Waals surface area (Å²) >= 11 is 0. The lowest BCUT2D eigenvalue weighted by Gasteiger charge is -2.04. The van der Waals surface area contributed by atoms with Gasteiger partial charge >= 0.3 is 6.16 Å². The van der Waals surface area contributed by atoms with Crippen LogP contribution in [0.5, 0.6) is 0 Å². The Hall–Kier alpha value is -0.770. The van der Waals surface area contributed by atoms with Crippen LogP contribution >= 0.6 is 0 Å². The van der Waals surface area contributed by atoms with Crippen molar-refractivity contribution in [2.45, 2.75) is 26.7 Å². The molecule has 0 aromatic rings. The van der Waals surface area contributed by atoms with Gasteiger partial charge in [0.05, 0.1) is 13.2 Å². The summed E-state index contributed by atoms with van der Waals surface area (Å²) in [6.07, 6.45) is 1.53. The summed E-state index contributed by atoms with van der Waals surface area (Å²) in [7, 11) is 0. The molecule has 0 heterocycles. The minimum atomic E-state index is -0.624. The normalized spacial score (nSPS) is 9.69. The van der Waals surface area contributed by atoms with Crippen LogP contribution in [0.2, 0.25) is 0 Å². The fourth-order valence-corrected chi connectivity index (χ4v) is 0.692. The zero-order valence-corrected chi connectivity index (χ0v) is 8.38. The van der Waals surface area contributed by atoms with E-state index in [-0.39, 0.29) is 6.61 Å². The monoisotopic (exact) mass is 190 g/mol. The molecule has 0 radical (unpaired) electrons. The van der Waals surface area contributed by atoms with Gasteiger partial charge in [0.15, 0.2) is 0 Å². The molecule has 0 aromatic carbocycles. The standard InChI is InChI=1S/C9H18O4/c1-3-5-6-11-7-8-13-9(10)12-4-2/h3-8H2,1-2H3. The van der Waals surface area contributed by atoms with Crippen LogP contribution in [-0.4, -0.2) is 32.6 Å². The van der Waals surface area contributed by atoms with Crippen LogP contribution in [-0.2, 0) is 14.2 Å². The Morgan fingerprint density at radius 1 is 1.08 bits per heavy atom. The predicted octanol–water partition coefficient (Wildman–Crippen LogP) is 1.98. The molecule has 0 saturated carbocycles. The van der Waals surface area contributed by atoms with Gasteiger partial charge in [0.25, 0.3) is 0 Å². The summed E-state index contributed by atoms with van der Waals surface area (Å²) in [5, 5.41) is 0. The number of rotatable bonds is 7. The van der Waals surface area contributed by atoms with Crippen LogP contribution in [0.4, 0.5) is 4.79 Å². The van der Waals surface area contributed by atoms with Crippen LogP contribution in [0.15, 0.2) is 0 Å². The lowest BCUT2D eigenvalue weighted by molar-refractivity contribution is 0.0289. The lowest BCUT2D eigenvalue weighted by Crippen LogP contribution is -2.12. The first kappa shape index (κ1) is 12.2. The molecule has 0 aliphatic carbocycles. The molecule has 0 rings (SSSR count). The summed E-state index contributed by atoms with van der Waals surface area (Å²) in [5.41, 5.74) is 0. The number of carbonyl (C=O) groups excluding carboxylic acids is 1. The van der Waals surface area contributed by atoms with E-state index in [0.29, 0.717) is 13.2 Å². The van der Waals surface area contributed by atoms with Gasteiger partial charge in [-0.2, -0.15) is 0 Å². The SMILES string of the molecule is CCCCOCCOC(=O)OCC. The van der Waals surface area contributed by atoms with Crippen molar-refractivity contribution in [3.63, 3.8) is 0 Å². The molecule has 0 unspecified atom stereocenters. The van der Waals surface area contributed by atoms with Crippen molar-refractivity contribution in [2.24, 2.45) is 0 Å². The topological polar surface area (TPSA) is 44.8 Å². The van der Waals surface area contributed by atoms with Gasteiger partial charge < -0.3 is 14.2 Å². The number of carbonyl (C=O) groups is 1. The molecule has 13 heavy (non-hydrogen) atoms. The van der Waals surface area contributed by atoms with Gasteiger partial charge in [0.1, 0.15) is 6.61 Å². The molecule has 0 atom stereocenters. The van der Waals surface area contributed by atoms with E-state index in [1.165, 1.54) is 0 Å². The highest BCUT2D eigenvalue weighted by molar-refractivity contribution is 5.59. The molecule has 4 nitrogen and oxygen atoms in total. The molecule has 0 bridgehead atoms. The van der Waals surface area contributed by atoms with Crippen molar-refractivity contribution in [3.8, 4) is 0 Å². The van der Waals surface area contributed by atoms with Gasteiger partial charge in [-0.1, -0.05) is 13.3 Å². The van der Waals surface area contributed by atoms with Crippen molar-refractivity contribution in [3.05, 3.63) is 0 Å². The molecule has 4 heteroatoms. The van der Waals surface area contributed by atoms with Gasteiger partial charge in [0, 0.05) is 6.61 Å². The number of hydrogen-bond acceptors (Lipinski definition) is 4. The fraction of sp³-hybridized carbons (Fsp3) is 0.889. The summed E-state index contributed by atoms with van der Waals surface area (Å²) in [6.45, 7) is 5.61. The maximum absolute atomic E-state index is 10.6. The van der Waals surface area contributed by atoms with Crippen molar-refractivity contribution in [1.82, 2.24) is 0 Å². The second-order valence-corrected chi connectivity index (χ2v) is 2.50. The number of ether oxygens (including phenoxy) is 3. The van der Waals surface area contributed by atoms with E-state index >= 15 is 0 Å². The maximum Gasteiger partial charge on any atom is 0.508 e. The van der Waals surface area contributed by atoms with E-state index in [4.69, 9.17) is 4.74 Å². The second kappa shape index (κ2) is 9.32. The third-order valence-electron chi connectivity index (χ3n) is 1.35. The van der Waals surface area contributed by atoms with Crippen molar-refractivity contribution in [2.75, 3.05) is 26.4 Å². The Bertz CT molecular complexity index is 125. The highest BCUT2D eigenvalue weighted by Crippen LogP contribution is 1.89. The van der Waals surface area contributed by atoms with E-state index in [2.05, 4.69) is 16.4 Å². The Balaban J connectivity index is 3.02. The average Bonchev–Trinajstić information content (AvgIpc) is 2.11. The van der Waals surface area contributed by atoms with Crippen LogP contribution in [0, 0.1) is 0 Å². The quantitative estimate of drug-likeness (QED) is 0.455. The third-order valence-corrected chi connectivity index (χ3v) is 1.35. The van der Waals surface area contributed by atoms with Crippen molar-refractivity contribution < 1.29 is 19.0 Å². The van der Waals surface area contributed by atoms with E-state index in [1.54, 1.807) is 6.92 Å². The van der Waals surface area contributed by atoms with Gasteiger partial charge in [0.2, 0.25) is 0 Å². The third kappa shape index (κ3) is 9.14. The molecule has 0 amide bonds. The van der Waals surface area contributed by atoms with Crippen LogP contribution in [0.25, 0.3) is 0 Å². The molecular weight excluding hydrogens is 172 g/mol. The first-order chi connectivity index (χ1) is 6.31. The van der Waals surface area contributed by atoms with E-state index in [0.717, 1.165) is 19.4 Å². The minimum Gasteiger partial charge on any atom is -0.435 e. The highest BCUT2D eigenvalue weighted by atomic mass is 16.7. The zero-order valence-electron chi connectivity index (χ0n) is 8.38. The van der Waals surface area contributed by atoms with Crippen molar-refractivity contribution >= 4 is 6.16 Å². The lowest BCUT2D eigenvalue weighted by atomic mass is 10.4. The molecule has 0 N–H and O–H groups in total. The van der Waals surface area contributed by atoms with Crippen LogP contribution in [0.3, 0.4) is 0 Å². The van der Waals surface area contributed by atoms with E-state index in [1.807, 2.05) is 0 Å². The summed E-state index contributed by atoms with van der Waals surface area (Å²) in [6, 6.07) is 0. The summed E-state index contributed by atoms with van der Waals surface area (Å²) < 4.78 is 14.4. The van der Waals surface area contributed by atoms with Crippen LogP contribution < -0.4 is 0 Å². The maximum atomic E-state index is 10.6. The molecule has 0 fully saturated rings. The first-order valence-corrected chi connectivity index (χ1v) is 4.68. The largest absolute Gasteiger partial charge is 0.508 e. The van der Waals surface area contributed by atoms with E-state index in [9.17, 15) is 4.79 Å². The summed E-state index contributed by atoms with van der Waals surface area (Å²) in [5.74, 6) is 0. The minimum absolute atomic E-state index is 0.266. The number of hydrogen-bond donors (Lipinski definition) is 0. The predicted molar refractivity (Wildman–Crippen MR) is 48.7 cm³/mol. The van der Waals surface area contributed by atoms with Gasteiger partial charge in [-0.25, -0.2) is 4.79 Å². The fourth-order valence-electron chi connectivity index (χ4n) is 0.692.